The van der Waals surface area contributed by atoms with E-state index < -0.39 is 11.5 Å². The Balaban J connectivity index is 1.40. The van der Waals surface area contributed by atoms with Crippen LogP contribution in [0.5, 0.6) is 0 Å². The van der Waals surface area contributed by atoms with Gasteiger partial charge in [-0.05, 0) is 57.0 Å². The largest absolute Gasteiger partial charge is 0.321 e. The molecule has 0 radical (unpaired) electrons. The average molecular weight is 557 g/mol. The van der Waals surface area contributed by atoms with Crippen LogP contribution in [0.1, 0.15) is 32.1 Å². The van der Waals surface area contributed by atoms with Crippen molar-refractivity contribution in [1.29, 1.82) is 0 Å². The monoisotopic (exact) mass is 556 g/mol. The van der Waals surface area contributed by atoms with Gasteiger partial charge in [-0.2, -0.15) is 0 Å². The molecular weight excluding hydrogens is 528 g/mol. The Morgan fingerprint density at radius 3 is 2.38 bits per heavy atom. The van der Waals surface area contributed by atoms with Crippen LogP contribution in [0.15, 0.2) is 64.4 Å². The maximum Gasteiger partial charge on any atom is 0.295 e. The fraction of sp³-hybridized carbons (Fsp3) is 0.207. The van der Waals surface area contributed by atoms with E-state index in [4.69, 9.17) is 0 Å². The van der Waals surface area contributed by atoms with E-state index in [0.717, 1.165) is 22.5 Å². The fourth-order valence-corrected chi connectivity index (χ4v) is 5.70. The molecule has 0 fully saturated rings. The van der Waals surface area contributed by atoms with Crippen LogP contribution >= 0.6 is 11.3 Å². The molecule has 0 aliphatic heterocycles. The van der Waals surface area contributed by atoms with Gasteiger partial charge in [0.1, 0.15) is 17.1 Å². The molecule has 0 atom stereocenters. The number of hydrogen-bond acceptors (Lipinski definition) is 6. The van der Waals surface area contributed by atoms with Crippen molar-refractivity contribution in [3.63, 3.8) is 0 Å². The third kappa shape index (κ3) is 4.75. The van der Waals surface area contributed by atoms with Gasteiger partial charge in [0.15, 0.2) is 0 Å². The Labute approximate surface area is 233 Å². The summed E-state index contributed by atoms with van der Waals surface area (Å²) in [4.78, 5) is 57.7. The zero-order valence-corrected chi connectivity index (χ0v) is 23.5. The van der Waals surface area contributed by atoms with Gasteiger partial charge in [-0.25, -0.2) is 9.67 Å². The van der Waals surface area contributed by atoms with Crippen molar-refractivity contribution in [2.24, 2.45) is 7.05 Å². The van der Waals surface area contributed by atoms with Gasteiger partial charge in [0.05, 0.1) is 28.0 Å². The lowest BCUT2D eigenvalue weighted by Gasteiger charge is -2.08. The molecule has 204 valence electrons. The lowest BCUT2D eigenvalue weighted by molar-refractivity contribution is -0.116. The molecule has 0 unspecified atom stereocenters. The molecule has 5 rings (SSSR count). The summed E-state index contributed by atoms with van der Waals surface area (Å²) < 4.78 is 4.30. The summed E-state index contributed by atoms with van der Waals surface area (Å²) in [6.07, 6.45) is 1.28. The molecule has 11 heteroatoms. The molecule has 2 amide bonds. The van der Waals surface area contributed by atoms with Gasteiger partial charge >= 0.3 is 0 Å². The van der Waals surface area contributed by atoms with Gasteiger partial charge in [-0.15, -0.1) is 11.3 Å². The van der Waals surface area contributed by atoms with Crippen LogP contribution in [0.3, 0.4) is 0 Å². The molecule has 0 saturated carbocycles. The molecule has 10 nitrogen and oxygen atoms in total. The number of nitrogens with one attached hydrogen (secondary N) is 2. The van der Waals surface area contributed by atoms with Crippen molar-refractivity contribution in [3.8, 4) is 5.69 Å². The highest BCUT2D eigenvalue weighted by molar-refractivity contribution is 7.20. The second-order valence-electron chi connectivity index (χ2n) is 9.67. The molecule has 0 saturated heterocycles. The highest BCUT2D eigenvalue weighted by atomic mass is 32.1. The van der Waals surface area contributed by atoms with Crippen molar-refractivity contribution in [2.45, 2.75) is 34.2 Å². The van der Waals surface area contributed by atoms with E-state index in [0.29, 0.717) is 32.3 Å². The van der Waals surface area contributed by atoms with Crippen LogP contribution in [0.4, 0.5) is 11.4 Å². The number of nitrogens with zero attached hydrogens (tertiary/aromatic N) is 4. The number of rotatable bonds is 6. The lowest BCUT2D eigenvalue weighted by Crippen LogP contribution is -2.29. The number of thiophene rings is 1. The molecule has 2 N–H and O–H groups in total. The highest BCUT2D eigenvalue weighted by Crippen LogP contribution is 2.28. The van der Waals surface area contributed by atoms with Gasteiger partial charge in [-0.3, -0.25) is 28.4 Å². The summed E-state index contributed by atoms with van der Waals surface area (Å²) in [5.74, 6) is -0.875. The third-order valence-corrected chi connectivity index (χ3v) is 8.08. The van der Waals surface area contributed by atoms with Crippen LogP contribution in [0, 0.1) is 27.7 Å². The van der Waals surface area contributed by atoms with E-state index in [1.54, 1.807) is 37.7 Å². The van der Waals surface area contributed by atoms with E-state index in [1.165, 1.54) is 15.6 Å². The maximum absolute atomic E-state index is 13.3. The minimum atomic E-state index is -0.546. The second kappa shape index (κ2) is 10.4. The van der Waals surface area contributed by atoms with Gasteiger partial charge in [0, 0.05) is 12.7 Å². The number of aromatic nitrogens is 4. The molecule has 40 heavy (non-hydrogen) atoms. The molecule has 3 heterocycles. The third-order valence-electron chi connectivity index (χ3n) is 6.89. The van der Waals surface area contributed by atoms with Gasteiger partial charge < -0.3 is 10.6 Å². The Hall–Kier alpha value is -4.77. The normalized spacial score (nSPS) is 11.1. The topological polar surface area (TPSA) is 120 Å². The average Bonchev–Trinajstić information content (AvgIpc) is 3.37. The van der Waals surface area contributed by atoms with Crippen molar-refractivity contribution in [2.75, 3.05) is 10.6 Å². The fourth-order valence-electron chi connectivity index (χ4n) is 4.67. The summed E-state index contributed by atoms with van der Waals surface area (Å²) in [5, 5.41) is 5.87. The molecular formula is C29H28N6O4S. The smallest absolute Gasteiger partial charge is 0.295 e. The predicted molar refractivity (Wildman–Crippen MR) is 157 cm³/mol. The first-order chi connectivity index (χ1) is 19.1. The first kappa shape index (κ1) is 26.8. The van der Waals surface area contributed by atoms with Gasteiger partial charge in [0.2, 0.25) is 5.91 Å². The zero-order chi connectivity index (χ0) is 28.7. The predicted octanol–water partition coefficient (Wildman–Crippen LogP) is 4.07. The Kier molecular flexibility index (Phi) is 6.99. The Morgan fingerprint density at radius 2 is 1.68 bits per heavy atom. The second-order valence-corrected chi connectivity index (χ2v) is 10.7. The molecule has 2 aromatic carbocycles. The van der Waals surface area contributed by atoms with Crippen LogP contribution in [0.25, 0.3) is 15.9 Å². The van der Waals surface area contributed by atoms with Crippen molar-refractivity contribution < 1.29 is 9.59 Å². The number of anilines is 2. The van der Waals surface area contributed by atoms with Crippen LogP contribution in [-0.4, -0.2) is 30.7 Å². The first-order valence-electron chi connectivity index (χ1n) is 12.6. The highest BCUT2D eigenvalue weighted by Gasteiger charge is 2.22. The summed E-state index contributed by atoms with van der Waals surface area (Å²) in [6.45, 7) is 6.98. The van der Waals surface area contributed by atoms with E-state index >= 15 is 0 Å². The van der Waals surface area contributed by atoms with Gasteiger partial charge in [0.25, 0.3) is 17.0 Å². The number of aryl methyl sites for hydroxylation is 3. The quantitative estimate of drug-likeness (QED) is 0.327. The van der Waals surface area contributed by atoms with Gasteiger partial charge in [-0.1, -0.05) is 35.9 Å². The number of amides is 2. The summed E-state index contributed by atoms with van der Waals surface area (Å²) >= 11 is 1.13. The van der Waals surface area contributed by atoms with E-state index in [-0.39, 0.29) is 29.1 Å². The lowest BCUT2D eigenvalue weighted by atomic mass is 10.1. The molecule has 0 aliphatic carbocycles. The number of fused-ring (bicyclic) bond motifs is 1. The maximum atomic E-state index is 13.3. The van der Waals surface area contributed by atoms with Crippen LogP contribution in [-0.2, 0) is 18.4 Å². The molecule has 0 aliphatic rings. The number of carbonyl (C=O) groups excluding carboxylic acids is 2. The SMILES string of the molecule is Cc1ccc(NC(=O)c2sc3ncn(CC(=O)Nc4c(C)n(C)n(-c5ccccc5)c4=O)c(=O)c3c2C)c(C)c1. The van der Waals surface area contributed by atoms with Crippen LogP contribution < -0.4 is 21.8 Å². The van der Waals surface area contributed by atoms with Crippen molar-refractivity contribution >= 4 is 44.7 Å². The summed E-state index contributed by atoms with van der Waals surface area (Å²) in [5.41, 5.74) is 3.76. The molecule has 0 bridgehead atoms. The molecule has 5 aromatic rings. The molecule has 3 aromatic heterocycles. The number of benzene rings is 2. The minimum Gasteiger partial charge on any atom is -0.321 e. The van der Waals surface area contributed by atoms with E-state index in [9.17, 15) is 19.2 Å². The van der Waals surface area contributed by atoms with Crippen LogP contribution in [0.2, 0.25) is 0 Å². The van der Waals surface area contributed by atoms with Crippen molar-refractivity contribution in [3.05, 3.63) is 103 Å². The number of hydrogen-bond donors (Lipinski definition) is 2. The Morgan fingerprint density at radius 1 is 0.950 bits per heavy atom. The summed E-state index contributed by atoms with van der Waals surface area (Å²) in [7, 11) is 1.73. The molecule has 0 spiro atoms. The number of para-hydroxylation sites is 1. The zero-order valence-electron chi connectivity index (χ0n) is 22.7. The van der Waals surface area contributed by atoms with E-state index in [2.05, 4.69) is 15.6 Å². The Bertz CT molecular complexity index is 1910. The standard InChI is InChI=1S/C29H28N6O4S/c1-16-11-12-21(17(2)13-16)31-26(37)25-18(3)23-27(40-25)30-15-34(28(23)38)14-22(36)32-24-19(4)33(5)35(29(24)39)20-9-7-6-8-10-20/h6-13,15H,14H2,1-5H3,(H,31,37)(H,32,36). The van der Waals surface area contributed by atoms with Crippen molar-refractivity contribution in [1.82, 2.24) is 18.9 Å². The number of carbonyl (C=O) groups is 2. The minimum absolute atomic E-state index is 0.135. The summed E-state index contributed by atoms with van der Waals surface area (Å²) in [6, 6.07) is 14.8. The van der Waals surface area contributed by atoms with E-state index in [1.807, 2.05) is 50.2 Å². The first-order valence-corrected chi connectivity index (χ1v) is 13.4.